The van der Waals surface area contributed by atoms with E-state index in [-0.39, 0.29) is 16.5 Å². The summed E-state index contributed by atoms with van der Waals surface area (Å²) in [4.78, 5) is 26.9. The third-order valence-corrected chi connectivity index (χ3v) is 3.34. The van der Waals surface area contributed by atoms with Crippen molar-refractivity contribution in [2.24, 2.45) is 0 Å². The Bertz CT molecular complexity index is 634. The maximum absolute atomic E-state index is 11.3. The van der Waals surface area contributed by atoms with Crippen LogP contribution >= 0.6 is 11.8 Å². The second-order valence-corrected chi connectivity index (χ2v) is 5.16. The molecule has 0 radical (unpaired) electrons. The highest BCUT2D eigenvalue weighted by Crippen LogP contribution is 2.34. The highest BCUT2D eigenvalue weighted by atomic mass is 32.2. The minimum Gasteiger partial charge on any atom is -0.364 e. The summed E-state index contributed by atoms with van der Waals surface area (Å²) in [5.41, 5.74) is 0.766. The second-order valence-electron chi connectivity index (χ2n) is 4.20. The van der Waals surface area contributed by atoms with E-state index in [2.05, 4.69) is 25.3 Å². The minimum absolute atomic E-state index is 0.153. The molecule has 0 atom stereocenters. The van der Waals surface area contributed by atoms with E-state index in [1.54, 1.807) is 12.4 Å². The number of nitro groups is 1. The van der Waals surface area contributed by atoms with Crippen molar-refractivity contribution in [3.05, 3.63) is 34.4 Å². The molecular weight excluding hydrogens is 292 g/mol. The van der Waals surface area contributed by atoms with E-state index >= 15 is 0 Å². The van der Waals surface area contributed by atoms with Gasteiger partial charge in [0.25, 0.3) is 0 Å². The fraction of sp³-hybridized carbons (Fsp3) is 0.333. The van der Waals surface area contributed by atoms with Crippen molar-refractivity contribution in [2.75, 3.05) is 11.9 Å². The Balaban J connectivity index is 2.33. The smallest absolute Gasteiger partial charge is 0.343 e. The Morgan fingerprint density at radius 2 is 2.00 bits per heavy atom. The quantitative estimate of drug-likeness (QED) is 0.375. The van der Waals surface area contributed by atoms with E-state index in [1.807, 2.05) is 13.8 Å². The lowest BCUT2D eigenvalue weighted by Gasteiger charge is -2.06. The molecule has 9 heteroatoms. The predicted molar refractivity (Wildman–Crippen MR) is 78.4 cm³/mol. The molecule has 0 saturated carbocycles. The molecule has 0 bridgehead atoms. The van der Waals surface area contributed by atoms with Crippen LogP contribution in [0.4, 0.5) is 11.5 Å². The Hall–Kier alpha value is -2.29. The molecule has 0 aliphatic heterocycles. The number of rotatable bonds is 6. The third kappa shape index (κ3) is 3.85. The molecule has 0 aromatic carbocycles. The van der Waals surface area contributed by atoms with Crippen molar-refractivity contribution < 1.29 is 4.92 Å². The van der Waals surface area contributed by atoms with Crippen molar-refractivity contribution in [1.29, 1.82) is 0 Å². The summed E-state index contributed by atoms with van der Waals surface area (Å²) in [5.74, 6) is 0.214. The van der Waals surface area contributed by atoms with E-state index in [0.717, 1.165) is 23.7 Å². The molecule has 21 heavy (non-hydrogen) atoms. The highest BCUT2D eigenvalue weighted by Gasteiger charge is 2.24. The van der Waals surface area contributed by atoms with Gasteiger partial charge in [0.2, 0.25) is 5.82 Å². The van der Waals surface area contributed by atoms with Gasteiger partial charge >= 0.3 is 5.69 Å². The molecule has 0 unspecified atom stereocenters. The van der Waals surface area contributed by atoms with Crippen LogP contribution in [0.2, 0.25) is 0 Å². The largest absolute Gasteiger partial charge is 0.364 e. The molecule has 0 aliphatic rings. The number of hydrogen-bond donors (Lipinski definition) is 1. The number of anilines is 1. The first-order valence-electron chi connectivity index (χ1n) is 6.31. The molecule has 0 amide bonds. The van der Waals surface area contributed by atoms with E-state index in [4.69, 9.17) is 0 Å². The normalized spacial score (nSPS) is 10.4. The van der Waals surface area contributed by atoms with Crippen LogP contribution < -0.4 is 5.32 Å². The van der Waals surface area contributed by atoms with Crippen LogP contribution in [0, 0.1) is 17.0 Å². The number of nitrogens with zero attached hydrogens (tertiary/aromatic N) is 5. The molecule has 2 aromatic heterocycles. The number of nitrogens with one attached hydrogen (secondary N) is 1. The average molecular weight is 306 g/mol. The lowest BCUT2D eigenvalue weighted by Crippen LogP contribution is -2.07. The first-order chi connectivity index (χ1) is 10.1. The van der Waals surface area contributed by atoms with Gasteiger partial charge in [-0.25, -0.2) is 19.9 Å². The van der Waals surface area contributed by atoms with Gasteiger partial charge in [0, 0.05) is 18.9 Å². The fourth-order valence-electron chi connectivity index (χ4n) is 1.49. The van der Waals surface area contributed by atoms with E-state index < -0.39 is 4.92 Å². The molecule has 2 rings (SSSR count). The van der Waals surface area contributed by atoms with Gasteiger partial charge in [-0.15, -0.1) is 0 Å². The van der Waals surface area contributed by atoms with Gasteiger partial charge in [0.1, 0.15) is 6.33 Å². The summed E-state index contributed by atoms with van der Waals surface area (Å²) in [7, 11) is 0. The zero-order valence-corrected chi connectivity index (χ0v) is 12.4. The van der Waals surface area contributed by atoms with Crippen molar-refractivity contribution >= 4 is 23.3 Å². The standard InChI is InChI=1S/C12H14N6O2S/c1-3-4-13-10-9(18(19)20)11(17-7-16-10)21-12-14-5-8(2)6-15-12/h5-7H,3-4H2,1-2H3,(H,13,16,17). The van der Waals surface area contributed by atoms with Crippen LogP contribution in [0.15, 0.2) is 28.9 Å². The summed E-state index contributed by atoms with van der Waals surface area (Å²) in [5, 5.41) is 14.8. The minimum atomic E-state index is -0.492. The average Bonchev–Trinajstić information content (AvgIpc) is 2.47. The summed E-state index contributed by atoms with van der Waals surface area (Å²) < 4.78 is 0. The Morgan fingerprint density at radius 1 is 1.29 bits per heavy atom. The molecule has 2 heterocycles. The number of aryl methyl sites for hydroxylation is 1. The van der Waals surface area contributed by atoms with Crippen LogP contribution in [0.3, 0.4) is 0 Å². The number of aromatic nitrogens is 4. The maximum atomic E-state index is 11.3. The van der Waals surface area contributed by atoms with Gasteiger partial charge in [-0.05, 0) is 30.7 Å². The first kappa shape index (κ1) is 15.1. The Labute approximate surface area is 125 Å². The van der Waals surface area contributed by atoms with Gasteiger partial charge in [0.15, 0.2) is 10.2 Å². The SMILES string of the molecule is CCCNc1ncnc(Sc2ncc(C)cn2)c1[N+](=O)[O-]. The zero-order chi connectivity index (χ0) is 15.2. The Kier molecular flexibility index (Phi) is 4.99. The predicted octanol–water partition coefficient (Wildman–Crippen LogP) is 2.46. The first-order valence-corrected chi connectivity index (χ1v) is 7.13. The van der Waals surface area contributed by atoms with Gasteiger partial charge in [0.05, 0.1) is 4.92 Å². The number of hydrogen-bond acceptors (Lipinski definition) is 8. The summed E-state index contributed by atoms with van der Waals surface area (Å²) in [6, 6.07) is 0. The molecule has 0 saturated heterocycles. The van der Waals surface area contributed by atoms with Crippen LogP contribution in [0.5, 0.6) is 0 Å². The van der Waals surface area contributed by atoms with E-state index in [9.17, 15) is 10.1 Å². The van der Waals surface area contributed by atoms with Crippen molar-refractivity contribution in [3.8, 4) is 0 Å². The molecular formula is C12H14N6O2S. The molecule has 8 nitrogen and oxygen atoms in total. The molecule has 2 aromatic rings. The highest BCUT2D eigenvalue weighted by molar-refractivity contribution is 7.99. The van der Waals surface area contributed by atoms with Gasteiger partial charge in [-0.2, -0.15) is 0 Å². The van der Waals surface area contributed by atoms with Crippen molar-refractivity contribution in [1.82, 2.24) is 19.9 Å². The topological polar surface area (TPSA) is 107 Å². The Morgan fingerprint density at radius 3 is 2.62 bits per heavy atom. The van der Waals surface area contributed by atoms with Crippen LogP contribution in [0.1, 0.15) is 18.9 Å². The lowest BCUT2D eigenvalue weighted by molar-refractivity contribution is -0.387. The maximum Gasteiger partial charge on any atom is 0.343 e. The monoisotopic (exact) mass is 306 g/mol. The zero-order valence-electron chi connectivity index (χ0n) is 11.6. The second kappa shape index (κ2) is 6.93. The third-order valence-electron chi connectivity index (χ3n) is 2.46. The van der Waals surface area contributed by atoms with Crippen molar-refractivity contribution in [2.45, 2.75) is 30.5 Å². The van der Waals surface area contributed by atoms with Crippen molar-refractivity contribution in [3.63, 3.8) is 0 Å². The van der Waals surface area contributed by atoms with Gasteiger partial charge < -0.3 is 5.32 Å². The van der Waals surface area contributed by atoms with Gasteiger partial charge in [-0.3, -0.25) is 10.1 Å². The molecule has 0 fully saturated rings. The lowest BCUT2D eigenvalue weighted by atomic mass is 10.4. The fourth-order valence-corrected chi connectivity index (χ4v) is 2.25. The van der Waals surface area contributed by atoms with E-state index in [1.165, 1.54) is 6.33 Å². The van der Waals surface area contributed by atoms with E-state index in [0.29, 0.717) is 11.7 Å². The van der Waals surface area contributed by atoms with Crippen LogP contribution in [-0.4, -0.2) is 31.4 Å². The van der Waals surface area contributed by atoms with Crippen LogP contribution in [-0.2, 0) is 0 Å². The van der Waals surface area contributed by atoms with Crippen LogP contribution in [0.25, 0.3) is 0 Å². The molecule has 110 valence electrons. The van der Waals surface area contributed by atoms with Gasteiger partial charge in [-0.1, -0.05) is 6.92 Å². The summed E-state index contributed by atoms with van der Waals surface area (Å²) in [6.45, 7) is 4.44. The summed E-state index contributed by atoms with van der Waals surface area (Å²) >= 11 is 1.04. The summed E-state index contributed by atoms with van der Waals surface area (Å²) in [6.07, 6.45) is 5.43. The molecule has 1 N–H and O–H groups in total. The molecule has 0 aliphatic carbocycles. The molecule has 0 spiro atoms.